The predicted octanol–water partition coefficient (Wildman–Crippen LogP) is 4.91. The highest BCUT2D eigenvalue weighted by molar-refractivity contribution is 4.92. The largest absolute Gasteiger partial charge is 0.103 e. The van der Waals surface area contributed by atoms with Crippen LogP contribution in [0.15, 0.2) is 49.6 Å². The van der Waals surface area contributed by atoms with E-state index in [4.69, 9.17) is 0 Å². The van der Waals surface area contributed by atoms with E-state index < -0.39 is 0 Å². The molecule has 0 aliphatic heterocycles. The van der Waals surface area contributed by atoms with Crippen molar-refractivity contribution in [3.05, 3.63) is 49.6 Å². The second-order valence-corrected chi connectivity index (χ2v) is 3.41. The van der Waals surface area contributed by atoms with E-state index in [0.29, 0.717) is 5.92 Å². The fraction of sp³-hybridized carbons (Fsp3) is 0.429. The van der Waals surface area contributed by atoms with Gasteiger partial charge in [-0.05, 0) is 32.6 Å². The van der Waals surface area contributed by atoms with Crippen LogP contribution in [0.4, 0.5) is 0 Å². The molecule has 0 heterocycles. The van der Waals surface area contributed by atoms with Gasteiger partial charge in [0.05, 0.1) is 0 Å². The molecule has 0 saturated carbocycles. The molecule has 0 nitrogen and oxygen atoms in total. The highest BCUT2D eigenvalue weighted by atomic mass is 13.9. The van der Waals surface area contributed by atoms with Crippen LogP contribution in [0.5, 0.6) is 0 Å². The third-order valence-corrected chi connectivity index (χ3v) is 1.64. The first-order chi connectivity index (χ1) is 6.58. The van der Waals surface area contributed by atoms with Crippen molar-refractivity contribution in [3.8, 4) is 0 Å². The van der Waals surface area contributed by atoms with Gasteiger partial charge in [0, 0.05) is 0 Å². The fourth-order valence-electron chi connectivity index (χ4n) is 0.731. The Hall–Kier alpha value is -1.04. The van der Waals surface area contributed by atoms with Crippen molar-refractivity contribution in [1.82, 2.24) is 0 Å². The van der Waals surface area contributed by atoms with Crippen molar-refractivity contribution in [2.45, 2.75) is 33.6 Å². The van der Waals surface area contributed by atoms with Crippen molar-refractivity contribution >= 4 is 0 Å². The van der Waals surface area contributed by atoms with Crippen LogP contribution >= 0.6 is 0 Å². The molecule has 0 fully saturated rings. The molecule has 1 unspecified atom stereocenters. The van der Waals surface area contributed by atoms with Crippen LogP contribution in [0.2, 0.25) is 0 Å². The molecule has 0 spiro atoms. The summed E-state index contributed by atoms with van der Waals surface area (Å²) in [6.07, 6.45) is 10.1. The lowest BCUT2D eigenvalue weighted by Crippen LogP contribution is -1.76. The van der Waals surface area contributed by atoms with Gasteiger partial charge in [0.1, 0.15) is 0 Å². The Morgan fingerprint density at radius 3 is 2.07 bits per heavy atom. The second-order valence-electron chi connectivity index (χ2n) is 3.41. The van der Waals surface area contributed by atoms with Crippen LogP contribution in [0, 0.1) is 5.92 Å². The lowest BCUT2D eigenvalue weighted by Gasteiger charge is -1.90. The standard InChI is InChI=1S/2C7H12/c1-4-5-6-7(2)3;1-4-6-7(3)5-2/h4H,1-2,5-6H2,3H3;4-7H,2H2,1,3H3. The second kappa shape index (κ2) is 12.0. The highest BCUT2D eigenvalue weighted by Crippen LogP contribution is 1.98. The molecule has 0 aromatic heterocycles. The van der Waals surface area contributed by atoms with Crippen molar-refractivity contribution in [3.63, 3.8) is 0 Å². The van der Waals surface area contributed by atoms with Gasteiger partial charge in [0.2, 0.25) is 0 Å². The molecular formula is C14H24. The Balaban J connectivity index is 0. The minimum Gasteiger partial charge on any atom is -0.103 e. The topological polar surface area (TPSA) is 0 Å². The zero-order valence-corrected chi connectivity index (χ0v) is 9.92. The third kappa shape index (κ3) is 17.2. The number of allylic oxidation sites excluding steroid dienone is 5. The van der Waals surface area contributed by atoms with Gasteiger partial charge in [-0.3, -0.25) is 0 Å². The van der Waals surface area contributed by atoms with Gasteiger partial charge in [-0.15, -0.1) is 19.7 Å². The summed E-state index contributed by atoms with van der Waals surface area (Å²) in [5, 5.41) is 0. The zero-order valence-electron chi connectivity index (χ0n) is 9.92. The molecule has 0 heteroatoms. The SMILES string of the molecule is C=CC(C)C=CC.C=CCCC(=C)C. The quantitative estimate of drug-likeness (QED) is 0.543. The Morgan fingerprint density at radius 1 is 1.36 bits per heavy atom. The lowest BCUT2D eigenvalue weighted by atomic mass is 10.2. The van der Waals surface area contributed by atoms with Gasteiger partial charge < -0.3 is 0 Å². The van der Waals surface area contributed by atoms with E-state index >= 15 is 0 Å². The van der Waals surface area contributed by atoms with Crippen molar-refractivity contribution < 1.29 is 0 Å². The number of rotatable bonds is 5. The molecule has 0 radical (unpaired) electrons. The average Bonchev–Trinajstić information content (AvgIpc) is 2.16. The summed E-state index contributed by atoms with van der Waals surface area (Å²) in [5.74, 6) is 0.532. The van der Waals surface area contributed by atoms with Crippen LogP contribution in [0.1, 0.15) is 33.6 Å². The molecule has 80 valence electrons. The first-order valence-corrected chi connectivity index (χ1v) is 5.09. The van der Waals surface area contributed by atoms with E-state index in [9.17, 15) is 0 Å². The van der Waals surface area contributed by atoms with Gasteiger partial charge in [-0.25, -0.2) is 0 Å². The minimum absolute atomic E-state index is 0.532. The van der Waals surface area contributed by atoms with Crippen molar-refractivity contribution in [2.24, 2.45) is 5.92 Å². The smallest absolute Gasteiger partial charge is 0.00847 e. The molecule has 14 heavy (non-hydrogen) atoms. The van der Waals surface area contributed by atoms with Gasteiger partial charge in [0.15, 0.2) is 0 Å². The summed E-state index contributed by atoms with van der Waals surface area (Å²) in [4.78, 5) is 0. The fourth-order valence-corrected chi connectivity index (χ4v) is 0.731. The van der Waals surface area contributed by atoms with Gasteiger partial charge in [0.25, 0.3) is 0 Å². The summed E-state index contributed by atoms with van der Waals surface area (Å²) in [5.41, 5.74) is 1.24. The Kier molecular flexibility index (Phi) is 13.2. The van der Waals surface area contributed by atoms with Crippen molar-refractivity contribution in [1.29, 1.82) is 0 Å². The molecule has 0 N–H and O–H groups in total. The van der Waals surface area contributed by atoms with E-state index in [1.807, 2.05) is 32.1 Å². The molecule has 0 aromatic carbocycles. The van der Waals surface area contributed by atoms with Gasteiger partial charge in [-0.2, -0.15) is 0 Å². The number of hydrogen-bond acceptors (Lipinski definition) is 0. The van der Waals surface area contributed by atoms with E-state index in [1.165, 1.54) is 5.57 Å². The molecule has 0 saturated heterocycles. The Morgan fingerprint density at radius 2 is 1.93 bits per heavy atom. The Bertz CT molecular complexity index is 184. The van der Waals surface area contributed by atoms with Crippen molar-refractivity contribution in [2.75, 3.05) is 0 Å². The van der Waals surface area contributed by atoms with Crippen LogP contribution in [-0.4, -0.2) is 0 Å². The van der Waals surface area contributed by atoms with Crippen LogP contribution in [-0.2, 0) is 0 Å². The van der Waals surface area contributed by atoms with E-state index in [-0.39, 0.29) is 0 Å². The zero-order chi connectivity index (χ0) is 11.4. The predicted molar refractivity (Wildman–Crippen MR) is 68.4 cm³/mol. The highest BCUT2D eigenvalue weighted by Gasteiger charge is 1.81. The lowest BCUT2D eigenvalue weighted by molar-refractivity contribution is 0.941. The molecule has 0 aromatic rings. The van der Waals surface area contributed by atoms with Gasteiger partial charge in [-0.1, -0.05) is 36.8 Å². The molecule has 1 atom stereocenters. The number of hydrogen-bond donors (Lipinski definition) is 0. The van der Waals surface area contributed by atoms with E-state index in [0.717, 1.165) is 12.8 Å². The average molecular weight is 192 g/mol. The normalized spacial score (nSPS) is 11.4. The van der Waals surface area contributed by atoms with Gasteiger partial charge >= 0.3 is 0 Å². The molecule has 0 aliphatic carbocycles. The van der Waals surface area contributed by atoms with Crippen LogP contribution < -0.4 is 0 Å². The maximum absolute atomic E-state index is 3.74. The molecule has 0 rings (SSSR count). The third-order valence-electron chi connectivity index (χ3n) is 1.64. The molecule has 0 amide bonds. The summed E-state index contributed by atoms with van der Waals surface area (Å²) >= 11 is 0. The van der Waals surface area contributed by atoms with Crippen LogP contribution in [0.3, 0.4) is 0 Å². The maximum Gasteiger partial charge on any atom is -0.00847 e. The summed E-state index contributed by atoms with van der Waals surface area (Å²) in [6.45, 7) is 17.1. The minimum atomic E-state index is 0.532. The van der Waals surface area contributed by atoms with E-state index in [1.54, 1.807) is 0 Å². The monoisotopic (exact) mass is 192 g/mol. The molecule has 0 aliphatic rings. The summed E-state index contributed by atoms with van der Waals surface area (Å²) < 4.78 is 0. The maximum atomic E-state index is 3.74. The molecule has 0 bridgehead atoms. The Labute approximate surface area is 89.7 Å². The summed E-state index contributed by atoms with van der Waals surface area (Å²) in [7, 11) is 0. The first kappa shape index (κ1) is 15.4. The molecular weight excluding hydrogens is 168 g/mol. The van der Waals surface area contributed by atoms with E-state index in [2.05, 4.69) is 32.7 Å². The summed E-state index contributed by atoms with van der Waals surface area (Å²) in [6, 6.07) is 0. The van der Waals surface area contributed by atoms with Crippen LogP contribution in [0.25, 0.3) is 0 Å². The first-order valence-electron chi connectivity index (χ1n) is 5.09.